The van der Waals surface area contributed by atoms with E-state index in [4.69, 9.17) is 23.2 Å². The molecule has 0 saturated carbocycles. The molecule has 5 heteroatoms. The Bertz CT molecular complexity index is 339. The van der Waals surface area contributed by atoms with Crippen LogP contribution in [0, 0.1) is 0 Å². The minimum Gasteiger partial charge on any atom is -0.274 e. The number of halogens is 2. The monoisotopic (exact) mass is 218 g/mol. The summed E-state index contributed by atoms with van der Waals surface area (Å²) in [6.45, 7) is 3.90. The Labute approximate surface area is 86.1 Å². The zero-order chi connectivity index (χ0) is 10.0. The molecule has 0 aromatic carbocycles. The van der Waals surface area contributed by atoms with Crippen LogP contribution in [0.3, 0.4) is 0 Å². The van der Waals surface area contributed by atoms with Crippen LogP contribution in [-0.4, -0.2) is 15.4 Å². The van der Waals surface area contributed by atoms with E-state index in [1.165, 1.54) is 0 Å². The van der Waals surface area contributed by atoms with Gasteiger partial charge in [0.05, 0.1) is 0 Å². The number of hydrogen-bond acceptors (Lipinski definition) is 3. The molecule has 1 aromatic rings. The van der Waals surface area contributed by atoms with Crippen molar-refractivity contribution in [2.45, 2.75) is 19.8 Å². The van der Waals surface area contributed by atoms with Crippen molar-refractivity contribution in [2.75, 3.05) is 0 Å². The predicted molar refractivity (Wildman–Crippen MR) is 51.3 cm³/mol. The second kappa shape index (κ2) is 4.03. The van der Waals surface area contributed by atoms with Gasteiger partial charge in [0.15, 0.2) is 5.15 Å². The zero-order valence-corrected chi connectivity index (χ0v) is 8.73. The van der Waals surface area contributed by atoms with E-state index in [9.17, 15) is 4.79 Å². The van der Waals surface area contributed by atoms with Crippen LogP contribution in [0.4, 0.5) is 0 Å². The molecular formula is C8H8Cl2N2O. The fourth-order valence-corrected chi connectivity index (χ4v) is 1.30. The molecule has 0 aliphatic heterocycles. The molecule has 13 heavy (non-hydrogen) atoms. The van der Waals surface area contributed by atoms with Crippen molar-refractivity contribution in [1.82, 2.24) is 10.2 Å². The van der Waals surface area contributed by atoms with Crippen LogP contribution >= 0.6 is 23.2 Å². The third kappa shape index (κ3) is 2.39. The highest BCUT2D eigenvalue weighted by atomic mass is 35.5. The number of rotatable bonds is 2. The minimum absolute atomic E-state index is 0.134. The topological polar surface area (TPSA) is 42.9 Å². The van der Waals surface area contributed by atoms with E-state index in [1.54, 1.807) is 6.07 Å². The Balaban J connectivity index is 3.19. The SMILES string of the molecule is CC(C)c1cc(C(=O)Cl)nnc1Cl. The molecule has 0 saturated heterocycles. The Kier molecular flexibility index (Phi) is 3.22. The van der Waals surface area contributed by atoms with Crippen LogP contribution in [0.15, 0.2) is 6.07 Å². The highest BCUT2D eigenvalue weighted by molar-refractivity contribution is 6.67. The first-order chi connectivity index (χ1) is 6.02. The molecule has 0 unspecified atom stereocenters. The van der Waals surface area contributed by atoms with E-state index in [0.29, 0.717) is 5.15 Å². The number of aromatic nitrogens is 2. The molecule has 70 valence electrons. The summed E-state index contributed by atoms with van der Waals surface area (Å²) in [5, 5.41) is 6.89. The minimum atomic E-state index is -0.619. The number of carbonyl (C=O) groups is 1. The lowest BCUT2D eigenvalue weighted by Crippen LogP contribution is -2.01. The summed E-state index contributed by atoms with van der Waals surface area (Å²) in [6.07, 6.45) is 0. The molecule has 1 aromatic heterocycles. The van der Waals surface area contributed by atoms with Crippen molar-refractivity contribution in [1.29, 1.82) is 0 Å². The van der Waals surface area contributed by atoms with E-state index in [1.807, 2.05) is 13.8 Å². The lowest BCUT2D eigenvalue weighted by atomic mass is 10.1. The fraction of sp³-hybridized carbons (Fsp3) is 0.375. The Hall–Kier alpha value is -0.670. The highest BCUT2D eigenvalue weighted by Gasteiger charge is 2.11. The van der Waals surface area contributed by atoms with Gasteiger partial charge in [-0.15, -0.1) is 10.2 Å². The number of hydrogen-bond donors (Lipinski definition) is 0. The quantitative estimate of drug-likeness (QED) is 0.718. The molecule has 0 aliphatic rings. The molecule has 0 N–H and O–H groups in total. The molecule has 0 amide bonds. The lowest BCUT2D eigenvalue weighted by Gasteiger charge is -2.06. The van der Waals surface area contributed by atoms with Crippen molar-refractivity contribution >= 4 is 28.4 Å². The third-order valence-corrected chi connectivity index (χ3v) is 2.09. The molecule has 1 heterocycles. The smallest absolute Gasteiger partial charge is 0.272 e. The van der Waals surface area contributed by atoms with Gasteiger partial charge < -0.3 is 0 Å². The lowest BCUT2D eigenvalue weighted by molar-refractivity contribution is 0.107. The second-order valence-electron chi connectivity index (χ2n) is 2.90. The van der Waals surface area contributed by atoms with Gasteiger partial charge in [-0.2, -0.15) is 0 Å². The Morgan fingerprint density at radius 2 is 2.08 bits per heavy atom. The van der Waals surface area contributed by atoms with Gasteiger partial charge in [0, 0.05) is 0 Å². The van der Waals surface area contributed by atoms with Crippen LogP contribution in [0.1, 0.15) is 35.8 Å². The van der Waals surface area contributed by atoms with Crippen LogP contribution in [0.25, 0.3) is 0 Å². The molecule has 0 radical (unpaired) electrons. The van der Waals surface area contributed by atoms with Crippen LogP contribution in [0.5, 0.6) is 0 Å². The van der Waals surface area contributed by atoms with Crippen LogP contribution in [-0.2, 0) is 0 Å². The van der Waals surface area contributed by atoms with E-state index in [2.05, 4.69) is 10.2 Å². The maximum Gasteiger partial charge on any atom is 0.272 e. The number of nitrogens with zero attached hydrogens (tertiary/aromatic N) is 2. The molecule has 0 spiro atoms. The normalized spacial score (nSPS) is 10.5. The first-order valence-electron chi connectivity index (χ1n) is 3.75. The van der Waals surface area contributed by atoms with Gasteiger partial charge in [0.25, 0.3) is 5.24 Å². The highest BCUT2D eigenvalue weighted by Crippen LogP contribution is 2.22. The second-order valence-corrected chi connectivity index (χ2v) is 3.61. The molecule has 0 atom stereocenters. The van der Waals surface area contributed by atoms with Crippen LogP contribution in [0.2, 0.25) is 5.15 Å². The van der Waals surface area contributed by atoms with Crippen molar-refractivity contribution in [3.8, 4) is 0 Å². The summed E-state index contributed by atoms with van der Waals surface area (Å²) in [5.41, 5.74) is 0.912. The van der Waals surface area contributed by atoms with Gasteiger partial charge in [-0.05, 0) is 29.1 Å². The van der Waals surface area contributed by atoms with Gasteiger partial charge in [-0.1, -0.05) is 25.4 Å². The Morgan fingerprint density at radius 1 is 1.46 bits per heavy atom. The summed E-state index contributed by atoms with van der Waals surface area (Å²) in [4.78, 5) is 10.8. The Morgan fingerprint density at radius 3 is 2.54 bits per heavy atom. The first kappa shape index (κ1) is 10.4. The van der Waals surface area contributed by atoms with Gasteiger partial charge in [-0.3, -0.25) is 4.79 Å². The van der Waals surface area contributed by atoms with Gasteiger partial charge in [0.2, 0.25) is 0 Å². The predicted octanol–water partition coefficient (Wildman–Crippen LogP) is 2.63. The average molecular weight is 219 g/mol. The fourth-order valence-electron chi connectivity index (χ4n) is 0.892. The van der Waals surface area contributed by atoms with Crippen LogP contribution < -0.4 is 0 Å². The van der Waals surface area contributed by atoms with Gasteiger partial charge >= 0.3 is 0 Å². The van der Waals surface area contributed by atoms with E-state index >= 15 is 0 Å². The van der Waals surface area contributed by atoms with Crippen molar-refractivity contribution in [3.63, 3.8) is 0 Å². The molecule has 1 rings (SSSR count). The van der Waals surface area contributed by atoms with E-state index < -0.39 is 5.24 Å². The number of carbonyl (C=O) groups excluding carboxylic acids is 1. The standard InChI is InChI=1S/C8H8Cl2N2O/c1-4(2)5-3-6(8(10)13)11-12-7(5)9/h3-4H,1-2H3. The third-order valence-electron chi connectivity index (χ3n) is 1.60. The largest absolute Gasteiger partial charge is 0.274 e. The van der Waals surface area contributed by atoms with E-state index in [-0.39, 0.29) is 11.6 Å². The summed E-state index contributed by atoms with van der Waals surface area (Å²) < 4.78 is 0. The molecule has 0 bridgehead atoms. The van der Waals surface area contributed by atoms with Crippen molar-refractivity contribution < 1.29 is 4.79 Å². The summed E-state index contributed by atoms with van der Waals surface area (Å²) >= 11 is 11.0. The average Bonchev–Trinajstić information content (AvgIpc) is 2.04. The summed E-state index contributed by atoms with van der Waals surface area (Å²) in [6, 6.07) is 1.56. The molecule has 0 fully saturated rings. The molecule has 3 nitrogen and oxygen atoms in total. The molecular weight excluding hydrogens is 211 g/mol. The maximum atomic E-state index is 10.8. The zero-order valence-electron chi connectivity index (χ0n) is 7.21. The maximum absolute atomic E-state index is 10.8. The summed E-state index contributed by atoms with van der Waals surface area (Å²) in [5.74, 6) is 0.192. The molecule has 0 aliphatic carbocycles. The van der Waals surface area contributed by atoms with E-state index in [0.717, 1.165) is 5.56 Å². The van der Waals surface area contributed by atoms with Crippen molar-refractivity contribution in [3.05, 3.63) is 22.5 Å². The summed E-state index contributed by atoms with van der Waals surface area (Å²) in [7, 11) is 0. The first-order valence-corrected chi connectivity index (χ1v) is 4.51. The van der Waals surface area contributed by atoms with Gasteiger partial charge in [-0.25, -0.2) is 0 Å². The van der Waals surface area contributed by atoms with Gasteiger partial charge in [0.1, 0.15) is 5.69 Å². The van der Waals surface area contributed by atoms with Crippen molar-refractivity contribution in [2.24, 2.45) is 0 Å².